The summed E-state index contributed by atoms with van der Waals surface area (Å²) in [6.45, 7) is 3.98. The normalized spacial score (nSPS) is 25.6. The van der Waals surface area contributed by atoms with Gasteiger partial charge in [0, 0.05) is 46.2 Å². The van der Waals surface area contributed by atoms with Crippen LogP contribution in [0.3, 0.4) is 0 Å². The minimum Gasteiger partial charge on any atom is -0.503 e. The zero-order valence-corrected chi connectivity index (χ0v) is 36.2. The maximum Gasteiger partial charge on any atom is 0.303 e. The maximum absolute atomic E-state index is 15.3. The van der Waals surface area contributed by atoms with Crippen LogP contribution >= 0.6 is 54.8 Å². The smallest absolute Gasteiger partial charge is 0.303 e. The number of carbonyl (C=O) groups excluding carboxylic acids is 4. The molecule has 4 aliphatic rings. The molecule has 2 aliphatic carbocycles. The molecule has 0 radical (unpaired) electrons. The number of methoxy groups -OCH3 is 1. The van der Waals surface area contributed by atoms with E-state index in [9.17, 15) is 24.3 Å². The molecule has 8 rings (SSSR count). The van der Waals surface area contributed by atoms with Gasteiger partial charge >= 0.3 is 5.97 Å². The topological polar surface area (TPSA) is 159 Å². The molecule has 0 unspecified atom stereocenters. The number of allylic oxidation sites excluding steroid dienone is 2. The van der Waals surface area contributed by atoms with E-state index in [2.05, 4.69) is 31.9 Å². The first-order chi connectivity index (χ1) is 27.1. The molecule has 4 aromatic rings. The van der Waals surface area contributed by atoms with Crippen molar-refractivity contribution >= 4 is 100 Å². The van der Waals surface area contributed by atoms with Crippen molar-refractivity contribution in [1.29, 1.82) is 0 Å². The molecule has 57 heavy (non-hydrogen) atoms. The van der Waals surface area contributed by atoms with E-state index in [1.165, 1.54) is 16.9 Å². The molecule has 6 atom stereocenters. The Morgan fingerprint density at radius 2 is 1.81 bits per heavy atom. The number of carboxylic acids is 1. The molecule has 0 spiro atoms. The lowest BCUT2D eigenvalue weighted by molar-refractivity contribution is -0.141. The van der Waals surface area contributed by atoms with Crippen molar-refractivity contribution in [2.45, 2.75) is 58.3 Å². The van der Waals surface area contributed by atoms with E-state index < -0.39 is 52.8 Å². The molecule has 2 aromatic carbocycles. The first kappa shape index (κ1) is 39.8. The molecule has 2 aliphatic heterocycles. The summed E-state index contributed by atoms with van der Waals surface area (Å²) in [5.41, 5.74) is 1.59. The number of benzene rings is 2. The van der Waals surface area contributed by atoms with Crippen LogP contribution in [0, 0.1) is 36.0 Å². The summed E-state index contributed by atoms with van der Waals surface area (Å²) in [5, 5.41) is 26.4. The lowest BCUT2D eigenvalue weighted by Gasteiger charge is -2.49. The van der Waals surface area contributed by atoms with Crippen LogP contribution in [0.15, 0.2) is 50.9 Å². The number of phenolic OH excluding ortho intramolecular Hbond substituents is 1. The highest BCUT2D eigenvalue weighted by molar-refractivity contribution is 9.13. The van der Waals surface area contributed by atoms with Crippen LogP contribution in [0.2, 0.25) is 5.02 Å². The maximum atomic E-state index is 15.3. The largest absolute Gasteiger partial charge is 0.503 e. The summed E-state index contributed by atoms with van der Waals surface area (Å²) in [4.78, 5) is 72.8. The van der Waals surface area contributed by atoms with E-state index in [1.54, 1.807) is 42.1 Å². The molecule has 4 heterocycles. The van der Waals surface area contributed by atoms with Gasteiger partial charge in [-0.25, -0.2) is 4.90 Å². The fourth-order valence-electron chi connectivity index (χ4n) is 9.78. The van der Waals surface area contributed by atoms with Crippen LogP contribution in [0.1, 0.15) is 62.5 Å². The number of phenols is 1. The number of imide groups is 2. The highest BCUT2D eigenvalue weighted by Gasteiger charge is 2.68. The number of anilines is 1. The third-order valence-corrected chi connectivity index (χ3v) is 16.2. The van der Waals surface area contributed by atoms with Gasteiger partial charge in [-0.15, -0.1) is 11.3 Å². The van der Waals surface area contributed by atoms with Gasteiger partial charge in [0.25, 0.3) is 0 Å². The highest BCUT2D eigenvalue weighted by atomic mass is 79.9. The Bertz CT molecular complexity index is 2460. The fourth-order valence-corrected chi connectivity index (χ4v) is 12.1. The quantitative estimate of drug-likeness (QED) is 0.0905. The molecule has 2 aromatic heterocycles. The van der Waals surface area contributed by atoms with Crippen molar-refractivity contribution in [1.82, 2.24) is 14.7 Å². The molecular formula is C41H39Br2ClN4O8S. The number of amides is 4. The first-order valence-electron chi connectivity index (χ1n) is 18.7. The number of thiophene rings is 1. The summed E-state index contributed by atoms with van der Waals surface area (Å²) < 4.78 is 8.92. The second-order valence-electron chi connectivity index (χ2n) is 15.5. The van der Waals surface area contributed by atoms with Crippen molar-refractivity contribution in [2.24, 2.45) is 36.1 Å². The van der Waals surface area contributed by atoms with Crippen molar-refractivity contribution in [3.05, 3.63) is 67.1 Å². The number of halogens is 3. The number of carboxylic acid groups (broad SMARTS) is 1. The van der Waals surface area contributed by atoms with Crippen LogP contribution in [0.4, 0.5) is 5.82 Å². The SMILES string of the molecule is COc1cc([C@H]2C3=CC[C@@H]4C(=O)N(CCCCCC(=O)O)C(=O)[C@@H]4[C@@H]3C[C@H]3C(=O)N(c4cc(-c5sc6ccc(Cl)cc6c5C)nn4C)C(=O)[C@@]23C)c(Br)c(Br)c1O. The second-order valence-corrected chi connectivity index (χ2v) is 18.6. The molecule has 2 N–H and O–H groups in total. The zero-order valence-electron chi connectivity index (χ0n) is 31.5. The average molecular weight is 943 g/mol. The lowest BCUT2D eigenvalue weighted by atomic mass is 9.51. The van der Waals surface area contributed by atoms with E-state index in [4.69, 9.17) is 26.5 Å². The van der Waals surface area contributed by atoms with Crippen LogP contribution in [-0.2, 0) is 31.0 Å². The van der Waals surface area contributed by atoms with Crippen molar-refractivity contribution < 1.29 is 38.9 Å². The number of aliphatic carboxylic acids is 1. The molecular weight excluding hydrogens is 904 g/mol. The van der Waals surface area contributed by atoms with Gasteiger partial charge in [0.15, 0.2) is 11.5 Å². The number of rotatable bonds is 10. The monoisotopic (exact) mass is 940 g/mol. The molecule has 0 bridgehead atoms. The molecule has 16 heteroatoms. The summed E-state index contributed by atoms with van der Waals surface area (Å²) >= 11 is 15.0. The van der Waals surface area contributed by atoms with Gasteiger partial charge in [0.05, 0.1) is 39.6 Å². The Hall–Kier alpha value is -4.05. The zero-order chi connectivity index (χ0) is 40.8. The number of carbonyl (C=O) groups is 5. The lowest BCUT2D eigenvalue weighted by Crippen LogP contribution is -2.49. The van der Waals surface area contributed by atoms with Crippen LogP contribution < -0.4 is 9.64 Å². The number of likely N-dealkylation sites (tertiary alicyclic amines) is 1. The van der Waals surface area contributed by atoms with Crippen molar-refractivity contribution in [3.63, 3.8) is 0 Å². The van der Waals surface area contributed by atoms with Gasteiger partial charge in [-0.05, 0) is 118 Å². The molecule has 1 saturated carbocycles. The predicted molar refractivity (Wildman–Crippen MR) is 221 cm³/mol. The Kier molecular flexibility index (Phi) is 10.2. The number of hydrogen-bond acceptors (Lipinski definition) is 9. The van der Waals surface area contributed by atoms with E-state index in [1.807, 2.05) is 31.2 Å². The van der Waals surface area contributed by atoms with Gasteiger partial charge in [0.2, 0.25) is 23.6 Å². The van der Waals surface area contributed by atoms with Gasteiger partial charge in [0.1, 0.15) is 11.5 Å². The van der Waals surface area contributed by atoms with Crippen molar-refractivity contribution in [3.8, 4) is 22.1 Å². The Balaban J connectivity index is 1.21. The molecule has 2 saturated heterocycles. The summed E-state index contributed by atoms with van der Waals surface area (Å²) in [6.07, 6.45) is 3.91. The van der Waals surface area contributed by atoms with Crippen LogP contribution in [0.5, 0.6) is 11.5 Å². The summed E-state index contributed by atoms with van der Waals surface area (Å²) in [7, 11) is 3.13. The molecule has 3 fully saturated rings. The molecule has 12 nitrogen and oxygen atoms in total. The average Bonchev–Trinajstić information content (AvgIpc) is 3.84. The Morgan fingerprint density at radius 1 is 1.05 bits per heavy atom. The predicted octanol–water partition coefficient (Wildman–Crippen LogP) is 8.38. The minimum atomic E-state index is -1.36. The standard InChI is InChI=1S/C41H39Br2ClN4O8S/c1-18-22-14-19(44)9-12-28(22)57-36(18)26-17-29(46(3)45-26)48-38(53)25-15-23-20(10-11-21-31(23)39(54)47(37(21)52)13-7-5-6-8-30(49)50)32(41(25,2)40(48)55)24-16-27(56-4)35(51)34(43)33(24)42/h9-10,12,14,16-17,21,23,25,31-32,51H,5-8,11,13,15H2,1-4H3,(H,49,50)/t21-,23+,25-,31-,32+,41+/m0/s1. The highest BCUT2D eigenvalue weighted by Crippen LogP contribution is 2.65. The number of aromatic nitrogens is 2. The van der Waals surface area contributed by atoms with Gasteiger partial charge in [-0.3, -0.25) is 33.6 Å². The fraction of sp³-hybridized carbons (Fsp3) is 0.415. The van der Waals surface area contributed by atoms with Crippen LogP contribution in [0.25, 0.3) is 20.7 Å². The molecule has 298 valence electrons. The number of aromatic hydroxyl groups is 1. The van der Waals surface area contributed by atoms with E-state index in [-0.39, 0.29) is 49.1 Å². The van der Waals surface area contributed by atoms with E-state index in [0.29, 0.717) is 50.3 Å². The van der Waals surface area contributed by atoms with E-state index in [0.717, 1.165) is 26.1 Å². The van der Waals surface area contributed by atoms with Crippen molar-refractivity contribution in [2.75, 3.05) is 18.6 Å². The number of fused-ring (bicyclic) bond motifs is 5. The summed E-state index contributed by atoms with van der Waals surface area (Å²) in [6, 6.07) is 9.13. The number of hydrogen-bond donors (Lipinski definition) is 2. The number of nitrogens with zero attached hydrogens (tertiary/aromatic N) is 4. The Labute approximate surface area is 354 Å². The van der Waals surface area contributed by atoms with Gasteiger partial charge in [-0.1, -0.05) is 29.7 Å². The third kappa shape index (κ3) is 6.08. The van der Waals surface area contributed by atoms with E-state index >= 15 is 4.79 Å². The first-order valence-corrected chi connectivity index (χ1v) is 21.5. The molecule has 4 amide bonds. The summed E-state index contributed by atoms with van der Waals surface area (Å²) in [5.74, 6) is -5.56. The Morgan fingerprint density at radius 3 is 2.53 bits per heavy atom. The number of ether oxygens (including phenoxy) is 1. The second kappa shape index (κ2) is 14.6. The van der Waals surface area contributed by atoms with Crippen LogP contribution in [-0.4, -0.2) is 68.1 Å². The minimum absolute atomic E-state index is 0.0156. The van der Waals surface area contributed by atoms with Gasteiger partial charge in [-0.2, -0.15) is 5.10 Å². The number of aryl methyl sites for hydroxylation is 2. The third-order valence-electron chi connectivity index (χ3n) is 12.6. The number of unbranched alkanes of at least 4 members (excludes halogenated alkanes) is 2. The van der Waals surface area contributed by atoms with Gasteiger partial charge < -0.3 is 14.9 Å².